The molecule has 1 aliphatic carbocycles. The molecule has 0 aliphatic heterocycles. The molecule has 1 aromatic rings. The molecule has 0 saturated heterocycles. The van der Waals surface area contributed by atoms with Gasteiger partial charge >= 0.3 is 5.97 Å². The number of amides is 1. The van der Waals surface area contributed by atoms with Crippen LogP contribution in [-0.4, -0.2) is 25.5 Å². The van der Waals surface area contributed by atoms with E-state index in [1.54, 1.807) is 0 Å². The molecule has 1 amide bonds. The number of rotatable bonds is 7. The van der Waals surface area contributed by atoms with E-state index in [-0.39, 0.29) is 30.1 Å². The van der Waals surface area contributed by atoms with Gasteiger partial charge in [-0.3, -0.25) is 9.59 Å². The fraction of sp³-hybridized carbons (Fsp3) is 0.667. The Bertz CT molecular complexity index is 585. The van der Waals surface area contributed by atoms with E-state index < -0.39 is 0 Å². The first-order chi connectivity index (χ1) is 13.4. The van der Waals surface area contributed by atoms with Crippen molar-refractivity contribution in [2.45, 2.75) is 66.2 Å². The van der Waals surface area contributed by atoms with Gasteiger partial charge in [0, 0.05) is 18.4 Å². The zero-order valence-corrected chi connectivity index (χ0v) is 18.5. The van der Waals surface area contributed by atoms with Gasteiger partial charge in [0.25, 0.3) is 0 Å². The molecule has 0 bridgehead atoms. The van der Waals surface area contributed by atoms with E-state index in [1.165, 1.54) is 13.5 Å². The molecule has 1 aliphatic rings. The molecule has 4 heteroatoms. The van der Waals surface area contributed by atoms with E-state index in [4.69, 9.17) is 4.74 Å². The number of carbonyl (C=O) groups is 2. The Balaban J connectivity index is 0.00000190. The van der Waals surface area contributed by atoms with Crippen LogP contribution in [0.5, 0.6) is 0 Å². The largest absolute Gasteiger partial charge is 0.469 e. The molecular formula is C24H39NO3. The van der Waals surface area contributed by atoms with Gasteiger partial charge in [-0.2, -0.15) is 0 Å². The Labute approximate surface area is 171 Å². The molecule has 0 unspecified atom stereocenters. The number of methoxy groups -OCH3 is 1. The lowest BCUT2D eigenvalue weighted by atomic mass is 9.70. The van der Waals surface area contributed by atoms with E-state index in [9.17, 15) is 9.59 Å². The summed E-state index contributed by atoms with van der Waals surface area (Å²) in [5, 5.41) is 3.14. The summed E-state index contributed by atoms with van der Waals surface area (Å²) in [7, 11) is 1.40. The second kappa shape index (κ2) is 12.6. The van der Waals surface area contributed by atoms with Gasteiger partial charge in [-0.25, -0.2) is 0 Å². The van der Waals surface area contributed by atoms with Gasteiger partial charge in [0.15, 0.2) is 0 Å². The average Bonchev–Trinajstić information content (AvgIpc) is 2.72. The van der Waals surface area contributed by atoms with Gasteiger partial charge in [0.1, 0.15) is 0 Å². The molecule has 4 nitrogen and oxygen atoms in total. The van der Waals surface area contributed by atoms with Crippen molar-refractivity contribution in [2.75, 3.05) is 13.7 Å². The predicted octanol–water partition coefficient (Wildman–Crippen LogP) is 5.18. The molecule has 0 spiro atoms. The van der Waals surface area contributed by atoms with Crippen LogP contribution in [0.25, 0.3) is 0 Å². The van der Waals surface area contributed by atoms with Crippen LogP contribution in [-0.2, 0) is 14.3 Å². The summed E-state index contributed by atoms with van der Waals surface area (Å²) in [5.74, 6) is 1.46. The minimum Gasteiger partial charge on any atom is -0.469 e. The van der Waals surface area contributed by atoms with Crippen molar-refractivity contribution in [1.82, 2.24) is 5.32 Å². The van der Waals surface area contributed by atoms with Crippen molar-refractivity contribution in [3.63, 3.8) is 0 Å². The Morgan fingerprint density at radius 1 is 1.14 bits per heavy atom. The van der Waals surface area contributed by atoms with E-state index in [0.29, 0.717) is 24.3 Å². The molecule has 0 aromatic heterocycles. The highest BCUT2D eigenvalue weighted by atomic mass is 16.5. The van der Waals surface area contributed by atoms with Gasteiger partial charge < -0.3 is 10.1 Å². The lowest BCUT2D eigenvalue weighted by Gasteiger charge is -2.36. The molecule has 0 radical (unpaired) electrons. The first-order valence-electron chi connectivity index (χ1n) is 10.8. The van der Waals surface area contributed by atoms with E-state index >= 15 is 0 Å². The summed E-state index contributed by atoms with van der Waals surface area (Å²) in [6, 6.07) is 9.87. The number of carbonyl (C=O) groups excluding carboxylic acids is 2. The van der Waals surface area contributed by atoms with Crippen molar-refractivity contribution in [3.8, 4) is 0 Å². The average molecular weight is 390 g/mol. The number of esters is 1. The van der Waals surface area contributed by atoms with Crippen LogP contribution in [0.15, 0.2) is 30.3 Å². The standard InChI is InChI=1S/C22H33NO3.C2H6/c1-15(2)19-11-10-16(3)12-20(19)22(25)23-14-18(13-21(24)26-4)17-8-6-5-7-9-17;1-2/h5-9,15-16,18-20H,10-14H2,1-4H3,(H,23,25);1-2H3/t16-,18+,19+,20-;/m1./s1. The molecule has 1 N–H and O–H groups in total. The Hall–Kier alpha value is -1.84. The lowest BCUT2D eigenvalue weighted by Crippen LogP contribution is -2.41. The van der Waals surface area contributed by atoms with Crippen LogP contribution in [0.3, 0.4) is 0 Å². The highest BCUT2D eigenvalue weighted by Gasteiger charge is 2.35. The highest BCUT2D eigenvalue weighted by molar-refractivity contribution is 5.79. The Kier molecular flexibility index (Phi) is 10.9. The van der Waals surface area contributed by atoms with Gasteiger partial charge in [0.05, 0.1) is 13.5 Å². The molecule has 1 fully saturated rings. The maximum atomic E-state index is 12.9. The molecule has 1 aromatic carbocycles. The van der Waals surface area contributed by atoms with Crippen molar-refractivity contribution in [1.29, 1.82) is 0 Å². The van der Waals surface area contributed by atoms with Crippen LogP contribution in [0.1, 0.15) is 71.8 Å². The first-order valence-corrected chi connectivity index (χ1v) is 10.8. The summed E-state index contributed by atoms with van der Waals surface area (Å²) in [4.78, 5) is 24.7. The Morgan fingerprint density at radius 2 is 1.79 bits per heavy atom. The van der Waals surface area contributed by atoms with Crippen LogP contribution in [0, 0.1) is 23.7 Å². The first kappa shape index (κ1) is 24.2. The number of hydrogen-bond acceptors (Lipinski definition) is 3. The zero-order chi connectivity index (χ0) is 21.1. The molecule has 4 atom stereocenters. The predicted molar refractivity (Wildman–Crippen MR) is 115 cm³/mol. The van der Waals surface area contributed by atoms with Crippen LogP contribution in [0.2, 0.25) is 0 Å². The third kappa shape index (κ3) is 7.29. The summed E-state index contributed by atoms with van der Waals surface area (Å²) >= 11 is 0. The fourth-order valence-corrected chi connectivity index (χ4v) is 4.18. The minimum atomic E-state index is -0.251. The maximum absolute atomic E-state index is 12.9. The number of hydrogen-bond donors (Lipinski definition) is 1. The van der Waals surface area contributed by atoms with Crippen LogP contribution < -0.4 is 5.32 Å². The zero-order valence-electron chi connectivity index (χ0n) is 18.5. The van der Waals surface area contributed by atoms with Crippen molar-refractivity contribution in [3.05, 3.63) is 35.9 Å². The molecule has 0 heterocycles. The molecule has 28 heavy (non-hydrogen) atoms. The van der Waals surface area contributed by atoms with Crippen molar-refractivity contribution < 1.29 is 14.3 Å². The number of nitrogens with one attached hydrogen (secondary N) is 1. The summed E-state index contributed by atoms with van der Waals surface area (Å²) < 4.78 is 4.84. The smallest absolute Gasteiger partial charge is 0.306 e. The van der Waals surface area contributed by atoms with Gasteiger partial charge in [-0.15, -0.1) is 0 Å². The summed E-state index contributed by atoms with van der Waals surface area (Å²) in [6.45, 7) is 11.1. The third-order valence-corrected chi connectivity index (χ3v) is 5.79. The van der Waals surface area contributed by atoms with E-state index in [0.717, 1.165) is 18.4 Å². The van der Waals surface area contributed by atoms with E-state index in [1.807, 2.05) is 44.2 Å². The molecule has 2 rings (SSSR count). The molecule has 1 saturated carbocycles. The minimum absolute atomic E-state index is 0.0638. The number of ether oxygens (including phenoxy) is 1. The van der Waals surface area contributed by atoms with Crippen LogP contribution in [0.4, 0.5) is 0 Å². The SMILES string of the molecule is CC.COC(=O)C[C@@H](CNC(=O)[C@@H]1C[C@H](C)CC[C@H]1C(C)C)c1ccccc1. The Morgan fingerprint density at radius 3 is 2.36 bits per heavy atom. The van der Waals surface area contributed by atoms with Gasteiger partial charge in [0.2, 0.25) is 5.91 Å². The van der Waals surface area contributed by atoms with Crippen molar-refractivity contribution in [2.24, 2.45) is 23.7 Å². The quantitative estimate of drug-likeness (QED) is 0.653. The highest BCUT2D eigenvalue weighted by Crippen LogP contribution is 2.38. The van der Waals surface area contributed by atoms with Crippen molar-refractivity contribution >= 4 is 11.9 Å². The second-order valence-corrected chi connectivity index (χ2v) is 8.07. The molecule has 158 valence electrons. The second-order valence-electron chi connectivity index (χ2n) is 8.07. The third-order valence-electron chi connectivity index (χ3n) is 5.79. The molecular weight excluding hydrogens is 350 g/mol. The lowest BCUT2D eigenvalue weighted by molar-refractivity contribution is -0.141. The van der Waals surface area contributed by atoms with E-state index in [2.05, 4.69) is 26.1 Å². The number of benzene rings is 1. The summed E-state index contributed by atoms with van der Waals surface area (Å²) in [5.41, 5.74) is 1.05. The van der Waals surface area contributed by atoms with Gasteiger partial charge in [-0.05, 0) is 36.2 Å². The fourth-order valence-electron chi connectivity index (χ4n) is 4.18. The topological polar surface area (TPSA) is 55.4 Å². The monoisotopic (exact) mass is 389 g/mol. The van der Waals surface area contributed by atoms with Gasteiger partial charge in [-0.1, -0.05) is 71.4 Å². The summed E-state index contributed by atoms with van der Waals surface area (Å²) in [6.07, 6.45) is 3.57. The normalized spacial score (nSPS) is 22.6. The maximum Gasteiger partial charge on any atom is 0.306 e. The van der Waals surface area contributed by atoms with Crippen LogP contribution >= 0.6 is 0 Å².